The fourth-order valence-corrected chi connectivity index (χ4v) is 4.73. The van der Waals surface area contributed by atoms with Gasteiger partial charge < -0.3 is 9.80 Å². The number of hydrogen-bond donors (Lipinski definition) is 0. The zero-order chi connectivity index (χ0) is 24.2. The lowest BCUT2D eigenvalue weighted by Gasteiger charge is -2.23. The Bertz CT molecular complexity index is 1220. The maximum absolute atomic E-state index is 14.8. The molecule has 0 N–H and O–H groups in total. The summed E-state index contributed by atoms with van der Waals surface area (Å²) in [4.78, 5) is 26.6. The lowest BCUT2D eigenvalue weighted by atomic mass is 10.0. The first-order valence-corrected chi connectivity index (χ1v) is 10.7. The van der Waals surface area contributed by atoms with E-state index in [-0.39, 0.29) is 23.1 Å². The molecule has 0 saturated carbocycles. The summed E-state index contributed by atoms with van der Waals surface area (Å²) in [7, 11) is 0. The lowest BCUT2D eigenvalue weighted by Crippen LogP contribution is -2.35. The van der Waals surface area contributed by atoms with E-state index in [0.717, 1.165) is 17.5 Å². The third-order valence-corrected chi connectivity index (χ3v) is 6.23. The summed E-state index contributed by atoms with van der Waals surface area (Å²) < 4.78 is 53.6. The fourth-order valence-electron chi connectivity index (χ4n) is 4.73. The number of fused-ring (bicyclic) bond motifs is 1. The fraction of sp³-hybridized carbons (Fsp3) is 0.409. The van der Waals surface area contributed by atoms with E-state index in [2.05, 4.69) is 25.1 Å². The van der Waals surface area contributed by atoms with Crippen molar-refractivity contribution in [2.75, 3.05) is 31.1 Å². The highest BCUT2D eigenvalue weighted by Gasteiger charge is 2.43. The van der Waals surface area contributed by atoms with Gasteiger partial charge in [-0.1, -0.05) is 6.07 Å². The van der Waals surface area contributed by atoms with Gasteiger partial charge in [-0.05, 0) is 32.0 Å². The molecule has 2 aliphatic rings. The molecule has 1 amide bonds. The van der Waals surface area contributed by atoms with Crippen molar-refractivity contribution in [1.29, 1.82) is 0 Å². The number of carbonyl (C=O) groups excluding carboxylic acids is 1. The van der Waals surface area contributed by atoms with Crippen LogP contribution in [0.25, 0.3) is 5.69 Å². The highest BCUT2D eigenvalue weighted by molar-refractivity contribution is 5.98. The van der Waals surface area contributed by atoms with E-state index in [1.165, 1.54) is 12.1 Å². The second-order valence-corrected chi connectivity index (χ2v) is 8.74. The molecular weight excluding hydrogens is 454 g/mol. The normalized spacial score (nSPS) is 20.2. The average Bonchev–Trinajstić information content (AvgIpc) is 3.47. The molecule has 178 valence electrons. The first kappa shape index (κ1) is 22.2. The maximum atomic E-state index is 14.8. The van der Waals surface area contributed by atoms with Crippen LogP contribution < -0.4 is 4.90 Å². The number of alkyl halides is 3. The SMILES string of the molecule is Cc1cc(C)nc(N2C[C@H]3CN(C(=O)c4c(F)cccc4-n4ncc(C(F)(F)F)n4)C[C@H]3C2)n1. The molecule has 2 saturated heterocycles. The second-order valence-electron chi connectivity index (χ2n) is 8.74. The van der Waals surface area contributed by atoms with Crippen LogP contribution in [-0.4, -0.2) is 61.9 Å². The van der Waals surface area contributed by atoms with Gasteiger partial charge in [-0.2, -0.15) is 23.1 Å². The van der Waals surface area contributed by atoms with E-state index in [9.17, 15) is 22.4 Å². The third kappa shape index (κ3) is 3.97. The van der Waals surface area contributed by atoms with Crippen LogP contribution in [-0.2, 0) is 6.18 Å². The number of likely N-dealkylation sites (tertiary alicyclic amines) is 1. The number of nitrogens with zero attached hydrogens (tertiary/aromatic N) is 7. The number of aromatic nitrogens is 5. The van der Waals surface area contributed by atoms with Gasteiger partial charge in [0.25, 0.3) is 5.91 Å². The Labute approximate surface area is 192 Å². The van der Waals surface area contributed by atoms with Gasteiger partial charge in [0.05, 0.1) is 6.20 Å². The van der Waals surface area contributed by atoms with Gasteiger partial charge in [0.1, 0.15) is 17.1 Å². The molecule has 0 unspecified atom stereocenters. The predicted octanol–water partition coefficient (Wildman–Crippen LogP) is 3.04. The zero-order valence-electron chi connectivity index (χ0n) is 18.4. The Kier molecular flexibility index (Phi) is 5.25. The number of aryl methyl sites for hydroxylation is 2. The minimum absolute atomic E-state index is 0.136. The topological polar surface area (TPSA) is 80.0 Å². The van der Waals surface area contributed by atoms with Gasteiger partial charge in [-0.3, -0.25) is 4.79 Å². The standard InChI is InChI=1S/C22H21F4N7O/c1-12-6-13(2)29-21(28-12)32-10-14-8-31(9-15(14)11-32)20(34)19-16(23)4-3-5-17(19)33-27-7-18(30-33)22(24,25)26/h3-7,14-15H,8-11H2,1-2H3/t14-,15+. The molecule has 2 atom stereocenters. The number of carbonyl (C=O) groups is 1. The minimum Gasteiger partial charge on any atom is -0.340 e. The van der Waals surface area contributed by atoms with Crippen molar-refractivity contribution < 1.29 is 22.4 Å². The molecule has 2 fully saturated rings. The summed E-state index contributed by atoms with van der Waals surface area (Å²) >= 11 is 0. The molecule has 2 aromatic heterocycles. The van der Waals surface area contributed by atoms with Crippen LogP contribution >= 0.6 is 0 Å². The maximum Gasteiger partial charge on any atom is 0.436 e. The van der Waals surface area contributed by atoms with Crippen LogP contribution in [0, 0.1) is 31.5 Å². The van der Waals surface area contributed by atoms with Crippen LogP contribution in [0.2, 0.25) is 0 Å². The van der Waals surface area contributed by atoms with E-state index in [1.54, 1.807) is 4.90 Å². The molecule has 0 radical (unpaired) electrons. The molecule has 0 spiro atoms. The Morgan fingerprint density at radius 1 is 1.03 bits per heavy atom. The van der Waals surface area contributed by atoms with Crippen molar-refractivity contribution in [3.8, 4) is 5.69 Å². The Morgan fingerprint density at radius 2 is 1.68 bits per heavy atom. The molecular formula is C22H21F4N7O. The van der Waals surface area contributed by atoms with Crippen molar-refractivity contribution in [3.05, 3.63) is 58.9 Å². The first-order valence-electron chi connectivity index (χ1n) is 10.7. The monoisotopic (exact) mass is 475 g/mol. The van der Waals surface area contributed by atoms with Crippen LogP contribution in [0.4, 0.5) is 23.5 Å². The average molecular weight is 475 g/mol. The van der Waals surface area contributed by atoms with Gasteiger partial charge in [0, 0.05) is 49.4 Å². The molecule has 4 heterocycles. The van der Waals surface area contributed by atoms with Crippen molar-refractivity contribution in [2.24, 2.45) is 11.8 Å². The molecule has 0 aliphatic carbocycles. The predicted molar refractivity (Wildman–Crippen MR) is 113 cm³/mol. The van der Waals surface area contributed by atoms with Gasteiger partial charge in [0.15, 0.2) is 5.69 Å². The van der Waals surface area contributed by atoms with Gasteiger partial charge in [-0.15, -0.1) is 5.10 Å². The number of halogens is 4. The van der Waals surface area contributed by atoms with Crippen molar-refractivity contribution >= 4 is 11.9 Å². The minimum atomic E-state index is -4.70. The van der Waals surface area contributed by atoms with Gasteiger partial charge in [0.2, 0.25) is 5.95 Å². The molecule has 34 heavy (non-hydrogen) atoms. The molecule has 0 bridgehead atoms. The van der Waals surface area contributed by atoms with Crippen LogP contribution in [0.15, 0.2) is 30.5 Å². The van der Waals surface area contributed by atoms with E-state index >= 15 is 0 Å². The highest BCUT2D eigenvalue weighted by atomic mass is 19.4. The van der Waals surface area contributed by atoms with Crippen molar-refractivity contribution in [2.45, 2.75) is 20.0 Å². The van der Waals surface area contributed by atoms with E-state index in [4.69, 9.17) is 0 Å². The molecule has 12 heteroatoms. The highest BCUT2D eigenvalue weighted by Crippen LogP contribution is 2.34. The van der Waals surface area contributed by atoms with Crippen molar-refractivity contribution in [3.63, 3.8) is 0 Å². The van der Waals surface area contributed by atoms with E-state index in [0.29, 0.717) is 43.1 Å². The summed E-state index contributed by atoms with van der Waals surface area (Å²) in [6.45, 7) is 5.95. The number of benzene rings is 1. The largest absolute Gasteiger partial charge is 0.436 e. The molecule has 5 rings (SSSR count). The van der Waals surface area contributed by atoms with Gasteiger partial charge in [-0.25, -0.2) is 14.4 Å². The van der Waals surface area contributed by atoms with Crippen LogP contribution in [0.5, 0.6) is 0 Å². The van der Waals surface area contributed by atoms with Crippen LogP contribution in [0.3, 0.4) is 0 Å². The molecule has 8 nitrogen and oxygen atoms in total. The number of hydrogen-bond acceptors (Lipinski definition) is 6. The summed E-state index contributed by atoms with van der Waals surface area (Å²) in [6.07, 6.45) is -4.16. The summed E-state index contributed by atoms with van der Waals surface area (Å²) in [5.41, 5.74) is 0.0531. The number of amides is 1. The second kappa shape index (κ2) is 8.03. The number of rotatable bonds is 3. The summed E-state index contributed by atoms with van der Waals surface area (Å²) in [5.74, 6) is -0.462. The number of anilines is 1. The zero-order valence-corrected chi connectivity index (χ0v) is 18.4. The van der Waals surface area contributed by atoms with E-state index in [1.807, 2.05) is 19.9 Å². The Hall–Kier alpha value is -3.57. The lowest BCUT2D eigenvalue weighted by molar-refractivity contribution is -0.141. The van der Waals surface area contributed by atoms with E-state index < -0.39 is 23.6 Å². The first-order chi connectivity index (χ1) is 16.1. The van der Waals surface area contributed by atoms with Crippen LogP contribution in [0.1, 0.15) is 27.4 Å². The smallest absolute Gasteiger partial charge is 0.340 e. The Morgan fingerprint density at radius 3 is 2.26 bits per heavy atom. The molecule has 3 aromatic rings. The molecule has 1 aromatic carbocycles. The summed E-state index contributed by atoms with van der Waals surface area (Å²) in [6, 6.07) is 5.63. The van der Waals surface area contributed by atoms with Gasteiger partial charge >= 0.3 is 6.18 Å². The third-order valence-electron chi connectivity index (χ3n) is 6.23. The van der Waals surface area contributed by atoms with Crippen molar-refractivity contribution in [1.82, 2.24) is 29.9 Å². The Balaban J connectivity index is 1.36. The quantitative estimate of drug-likeness (QED) is 0.542. The summed E-state index contributed by atoms with van der Waals surface area (Å²) in [5, 5.41) is 7.01. The molecule has 2 aliphatic heterocycles.